The third kappa shape index (κ3) is 2.96. The van der Waals surface area contributed by atoms with Crippen LogP contribution < -0.4 is 5.73 Å². The first kappa shape index (κ1) is 13.0. The average molecular weight is 266 g/mol. The second-order valence-electron chi connectivity index (χ2n) is 5.57. The van der Waals surface area contributed by atoms with Crippen LogP contribution in [0, 0.1) is 0 Å². The van der Waals surface area contributed by atoms with Gasteiger partial charge in [0.2, 0.25) is 5.89 Å². The van der Waals surface area contributed by atoms with E-state index in [-0.39, 0.29) is 0 Å². The Morgan fingerprint density at radius 2 is 2.26 bits per heavy atom. The van der Waals surface area contributed by atoms with Gasteiger partial charge in [-0.3, -0.25) is 4.90 Å². The summed E-state index contributed by atoms with van der Waals surface area (Å²) in [5.41, 5.74) is 5.87. The van der Waals surface area contributed by atoms with Crippen LogP contribution in [-0.4, -0.2) is 47.4 Å². The quantitative estimate of drug-likeness (QED) is 0.852. The molecule has 2 N–H and O–H groups in total. The summed E-state index contributed by atoms with van der Waals surface area (Å²) in [5, 5.41) is 4.08. The molecule has 0 bridgehead atoms. The Morgan fingerprint density at radius 3 is 2.95 bits per heavy atom. The summed E-state index contributed by atoms with van der Waals surface area (Å²) in [6.45, 7) is 2.36. The first-order valence-electron chi connectivity index (χ1n) is 7.09. The third-order valence-electron chi connectivity index (χ3n) is 4.15. The number of rotatable bonds is 5. The van der Waals surface area contributed by atoms with Crippen LogP contribution >= 0.6 is 0 Å². The van der Waals surface area contributed by atoms with Crippen molar-refractivity contribution in [2.24, 2.45) is 5.73 Å². The molecule has 106 valence electrons. The van der Waals surface area contributed by atoms with E-state index in [4.69, 9.17) is 15.0 Å². The van der Waals surface area contributed by atoms with Gasteiger partial charge in [-0.05, 0) is 25.7 Å². The van der Waals surface area contributed by atoms with Gasteiger partial charge in [-0.2, -0.15) is 4.98 Å². The molecule has 2 atom stereocenters. The highest BCUT2D eigenvalue weighted by Gasteiger charge is 2.31. The lowest BCUT2D eigenvalue weighted by atomic mass is 9.99. The number of ether oxygens (including phenoxy) is 1. The topological polar surface area (TPSA) is 77.4 Å². The van der Waals surface area contributed by atoms with E-state index in [1.165, 1.54) is 12.8 Å². The molecule has 1 aromatic heterocycles. The van der Waals surface area contributed by atoms with Crippen molar-refractivity contribution in [3.8, 4) is 0 Å². The SMILES string of the molecule is CO[C@@H]1CCN(Cc2noc(C3CC3)n2)[C@H](CN)C1. The molecule has 19 heavy (non-hydrogen) atoms. The number of nitrogens with zero attached hydrogens (tertiary/aromatic N) is 3. The molecule has 1 aromatic rings. The number of piperidine rings is 1. The van der Waals surface area contributed by atoms with E-state index in [9.17, 15) is 0 Å². The van der Waals surface area contributed by atoms with E-state index in [0.29, 0.717) is 24.6 Å². The summed E-state index contributed by atoms with van der Waals surface area (Å²) in [6.07, 6.45) is 4.73. The number of nitrogens with two attached hydrogens (primary N) is 1. The zero-order valence-electron chi connectivity index (χ0n) is 11.4. The summed E-state index contributed by atoms with van der Waals surface area (Å²) in [5.74, 6) is 2.12. The number of methoxy groups -OCH3 is 1. The molecule has 6 nitrogen and oxygen atoms in total. The average Bonchev–Trinajstić information content (AvgIpc) is 3.20. The molecule has 1 saturated heterocycles. The highest BCUT2D eigenvalue weighted by atomic mass is 16.5. The van der Waals surface area contributed by atoms with Crippen molar-refractivity contribution in [3.05, 3.63) is 11.7 Å². The molecule has 3 rings (SSSR count). The van der Waals surface area contributed by atoms with Crippen molar-refractivity contribution in [3.63, 3.8) is 0 Å². The Balaban J connectivity index is 1.60. The predicted octanol–water partition coefficient (Wildman–Crippen LogP) is 0.885. The minimum Gasteiger partial charge on any atom is -0.381 e. The van der Waals surface area contributed by atoms with E-state index in [1.807, 2.05) is 0 Å². The van der Waals surface area contributed by atoms with Crippen molar-refractivity contribution < 1.29 is 9.26 Å². The number of aromatic nitrogens is 2. The van der Waals surface area contributed by atoms with Gasteiger partial charge in [0.1, 0.15) is 0 Å². The van der Waals surface area contributed by atoms with Crippen molar-refractivity contribution in [2.75, 3.05) is 20.2 Å². The van der Waals surface area contributed by atoms with Crippen LogP contribution in [0.25, 0.3) is 0 Å². The van der Waals surface area contributed by atoms with Gasteiger partial charge in [-0.1, -0.05) is 5.16 Å². The van der Waals surface area contributed by atoms with Crippen LogP contribution in [0.1, 0.15) is 43.3 Å². The van der Waals surface area contributed by atoms with Crippen LogP contribution in [0.5, 0.6) is 0 Å². The zero-order valence-corrected chi connectivity index (χ0v) is 11.4. The van der Waals surface area contributed by atoms with Crippen molar-refractivity contribution in [1.29, 1.82) is 0 Å². The lowest BCUT2D eigenvalue weighted by Crippen LogP contribution is -2.48. The van der Waals surface area contributed by atoms with Gasteiger partial charge in [-0.25, -0.2) is 0 Å². The molecule has 2 fully saturated rings. The molecule has 1 saturated carbocycles. The van der Waals surface area contributed by atoms with E-state index in [0.717, 1.165) is 37.6 Å². The van der Waals surface area contributed by atoms with E-state index in [1.54, 1.807) is 7.11 Å². The van der Waals surface area contributed by atoms with Crippen LogP contribution in [0.2, 0.25) is 0 Å². The molecule has 0 spiro atoms. The monoisotopic (exact) mass is 266 g/mol. The fourth-order valence-corrected chi connectivity index (χ4v) is 2.74. The Kier molecular flexibility index (Phi) is 3.81. The predicted molar refractivity (Wildman–Crippen MR) is 69.6 cm³/mol. The lowest BCUT2D eigenvalue weighted by Gasteiger charge is -2.37. The Bertz CT molecular complexity index is 419. The van der Waals surface area contributed by atoms with Gasteiger partial charge in [0.15, 0.2) is 5.82 Å². The largest absolute Gasteiger partial charge is 0.381 e. The second-order valence-corrected chi connectivity index (χ2v) is 5.57. The van der Waals surface area contributed by atoms with Crippen molar-refractivity contribution >= 4 is 0 Å². The first-order chi connectivity index (χ1) is 9.30. The summed E-state index contributed by atoms with van der Waals surface area (Å²) in [4.78, 5) is 6.83. The maximum Gasteiger partial charge on any atom is 0.229 e. The molecule has 6 heteroatoms. The molecule has 0 amide bonds. The highest BCUT2D eigenvalue weighted by molar-refractivity contribution is 5.02. The normalized spacial score (nSPS) is 28.7. The molecule has 0 aromatic carbocycles. The van der Waals surface area contributed by atoms with Gasteiger partial charge in [0, 0.05) is 32.2 Å². The molecule has 1 aliphatic carbocycles. The summed E-state index contributed by atoms with van der Waals surface area (Å²) >= 11 is 0. The van der Waals surface area contributed by atoms with E-state index >= 15 is 0 Å². The van der Waals surface area contributed by atoms with E-state index in [2.05, 4.69) is 15.0 Å². The minimum absolute atomic E-state index is 0.331. The van der Waals surface area contributed by atoms with Crippen molar-refractivity contribution in [2.45, 2.75) is 50.3 Å². The van der Waals surface area contributed by atoms with Crippen LogP contribution in [0.15, 0.2) is 4.52 Å². The molecule has 0 unspecified atom stereocenters. The number of hydrogen-bond donors (Lipinski definition) is 1. The summed E-state index contributed by atoms with van der Waals surface area (Å²) < 4.78 is 10.7. The number of likely N-dealkylation sites (tertiary alicyclic amines) is 1. The van der Waals surface area contributed by atoms with Crippen LogP contribution in [-0.2, 0) is 11.3 Å². The van der Waals surface area contributed by atoms with Gasteiger partial charge in [0.05, 0.1) is 12.6 Å². The molecular formula is C13H22N4O2. The lowest BCUT2D eigenvalue weighted by molar-refractivity contribution is 0.00910. The maximum atomic E-state index is 5.87. The zero-order chi connectivity index (χ0) is 13.2. The standard InChI is InChI=1S/C13H22N4O2/c1-18-11-4-5-17(10(6-11)7-14)8-12-15-13(19-16-12)9-2-3-9/h9-11H,2-8,14H2,1H3/t10-,11+/m0/s1. The van der Waals surface area contributed by atoms with E-state index < -0.39 is 0 Å². The smallest absolute Gasteiger partial charge is 0.229 e. The van der Waals surface area contributed by atoms with Crippen LogP contribution in [0.4, 0.5) is 0 Å². The number of hydrogen-bond acceptors (Lipinski definition) is 6. The fourth-order valence-electron chi connectivity index (χ4n) is 2.74. The molecular weight excluding hydrogens is 244 g/mol. The molecule has 0 radical (unpaired) electrons. The van der Waals surface area contributed by atoms with Gasteiger partial charge in [-0.15, -0.1) is 0 Å². The van der Waals surface area contributed by atoms with Gasteiger partial charge in [0.25, 0.3) is 0 Å². The van der Waals surface area contributed by atoms with Gasteiger partial charge < -0.3 is 15.0 Å². The van der Waals surface area contributed by atoms with Gasteiger partial charge >= 0.3 is 0 Å². The molecule has 2 aliphatic rings. The maximum absolute atomic E-state index is 5.87. The Labute approximate surface area is 113 Å². The Morgan fingerprint density at radius 1 is 1.42 bits per heavy atom. The summed E-state index contributed by atoms with van der Waals surface area (Å²) in [6, 6.07) is 0.349. The molecule has 2 heterocycles. The minimum atomic E-state index is 0.331. The summed E-state index contributed by atoms with van der Waals surface area (Å²) in [7, 11) is 1.77. The van der Waals surface area contributed by atoms with Crippen LogP contribution in [0.3, 0.4) is 0 Å². The third-order valence-corrected chi connectivity index (χ3v) is 4.15. The molecule has 1 aliphatic heterocycles. The first-order valence-corrected chi connectivity index (χ1v) is 7.09. The fraction of sp³-hybridized carbons (Fsp3) is 0.846. The Hall–Kier alpha value is -0.980. The second kappa shape index (κ2) is 5.56. The van der Waals surface area contributed by atoms with Crippen molar-refractivity contribution in [1.82, 2.24) is 15.0 Å². The highest BCUT2D eigenvalue weighted by Crippen LogP contribution is 2.38.